The number of carbonyl (C=O) groups excluding carboxylic acids is 1. The summed E-state index contributed by atoms with van der Waals surface area (Å²) in [5.41, 5.74) is -4.15. The molecule has 164 valence electrons. The molecule has 2 N–H and O–H groups in total. The van der Waals surface area contributed by atoms with E-state index in [9.17, 15) is 31.1 Å². The minimum absolute atomic E-state index is 0.0534. The molecular formula is C19H24F6N2O2. The lowest BCUT2D eigenvalue weighted by Crippen LogP contribution is -2.53. The van der Waals surface area contributed by atoms with Gasteiger partial charge in [-0.15, -0.1) is 0 Å². The van der Waals surface area contributed by atoms with Gasteiger partial charge >= 0.3 is 12.4 Å². The Morgan fingerprint density at radius 3 is 2.10 bits per heavy atom. The molecule has 1 fully saturated rings. The number of ether oxygens (including phenoxy) is 1. The van der Waals surface area contributed by atoms with Gasteiger partial charge in [0.25, 0.3) is 5.91 Å². The second kappa shape index (κ2) is 8.81. The molecule has 0 saturated heterocycles. The number of nitrogens with one attached hydrogen (secondary N) is 2. The largest absolute Gasteiger partial charge is 0.496 e. The Hall–Kier alpha value is -1.97. The van der Waals surface area contributed by atoms with Crippen LogP contribution in [0.4, 0.5) is 26.3 Å². The first-order chi connectivity index (χ1) is 13.3. The maximum absolute atomic E-state index is 13.5. The molecule has 10 heteroatoms. The number of methoxy groups -OCH3 is 1. The maximum atomic E-state index is 13.5. The van der Waals surface area contributed by atoms with Gasteiger partial charge in [-0.3, -0.25) is 4.79 Å². The molecule has 0 aliphatic heterocycles. The Bertz CT molecular complexity index is 731. The van der Waals surface area contributed by atoms with Crippen molar-refractivity contribution in [2.75, 3.05) is 7.11 Å². The first-order valence-electron chi connectivity index (χ1n) is 9.28. The lowest BCUT2D eigenvalue weighted by atomic mass is 9.89. The molecule has 2 atom stereocenters. The third kappa shape index (κ3) is 5.77. The number of hydrogen-bond acceptors (Lipinski definition) is 3. The number of carbonyl (C=O) groups is 1. The summed E-state index contributed by atoms with van der Waals surface area (Å²) in [6.45, 7) is 3.82. The van der Waals surface area contributed by atoms with E-state index < -0.39 is 46.7 Å². The molecule has 1 aliphatic rings. The van der Waals surface area contributed by atoms with Gasteiger partial charge in [0.15, 0.2) is 0 Å². The third-order valence-corrected chi connectivity index (χ3v) is 4.81. The molecule has 4 nitrogen and oxygen atoms in total. The van der Waals surface area contributed by atoms with E-state index in [-0.39, 0.29) is 18.2 Å². The van der Waals surface area contributed by atoms with Gasteiger partial charge < -0.3 is 15.4 Å². The van der Waals surface area contributed by atoms with E-state index in [0.29, 0.717) is 12.5 Å². The molecule has 29 heavy (non-hydrogen) atoms. The van der Waals surface area contributed by atoms with Gasteiger partial charge in [0, 0.05) is 18.1 Å². The second-order valence-corrected chi connectivity index (χ2v) is 7.39. The molecular weight excluding hydrogens is 402 g/mol. The fourth-order valence-electron chi connectivity index (χ4n) is 3.57. The molecule has 1 amide bonds. The Morgan fingerprint density at radius 1 is 1.03 bits per heavy atom. The molecule has 1 saturated carbocycles. The van der Waals surface area contributed by atoms with Gasteiger partial charge in [0.05, 0.1) is 23.8 Å². The van der Waals surface area contributed by atoms with Crippen molar-refractivity contribution in [3.63, 3.8) is 0 Å². The van der Waals surface area contributed by atoms with Crippen LogP contribution in [-0.4, -0.2) is 31.1 Å². The van der Waals surface area contributed by atoms with Crippen LogP contribution in [0.2, 0.25) is 0 Å². The molecule has 2 rings (SSSR count). The molecule has 1 aromatic rings. The molecule has 0 heterocycles. The monoisotopic (exact) mass is 426 g/mol. The van der Waals surface area contributed by atoms with E-state index in [1.54, 1.807) is 0 Å². The molecule has 1 aliphatic carbocycles. The van der Waals surface area contributed by atoms with Crippen molar-refractivity contribution in [2.24, 2.45) is 0 Å². The zero-order chi connectivity index (χ0) is 22.0. The quantitative estimate of drug-likeness (QED) is 0.667. The van der Waals surface area contributed by atoms with E-state index in [1.165, 1.54) is 0 Å². The number of amides is 1. The van der Waals surface area contributed by atoms with Crippen molar-refractivity contribution in [1.82, 2.24) is 10.6 Å². The van der Waals surface area contributed by atoms with Crippen LogP contribution >= 0.6 is 0 Å². The van der Waals surface area contributed by atoms with Gasteiger partial charge in [-0.25, -0.2) is 0 Å². The summed E-state index contributed by atoms with van der Waals surface area (Å²) < 4.78 is 84.3. The van der Waals surface area contributed by atoms with Gasteiger partial charge in [0.1, 0.15) is 5.75 Å². The molecule has 0 spiro atoms. The van der Waals surface area contributed by atoms with Gasteiger partial charge in [-0.1, -0.05) is 26.7 Å². The van der Waals surface area contributed by atoms with E-state index in [0.717, 1.165) is 26.4 Å². The van der Waals surface area contributed by atoms with Crippen molar-refractivity contribution in [1.29, 1.82) is 0 Å². The summed E-state index contributed by atoms with van der Waals surface area (Å²) in [4.78, 5) is 12.8. The van der Waals surface area contributed by atoms with Crippen LogP contribution in [0, 0.1) is 0 Å². The van der Waals surface area contributed by atoms with Crippen molar-refractivity contribution in [3.8, 4) is 5.75 Å². The number of alkyl halides is 6. The minimum Gasteiger partial charge on any atom is -0.496 e. The van der Waals surface area contributed by atoms with E-state index in [4.69, 9.17) is 4.74 Å². The zero-order valence-electron chi connectivity index (χ0n) is 16.3. The standard InChI is InChI=1S/C19H24F6N2O2/c1-10(2)26-13-6-4-5-7-14(13)27-17(28)16-12(19(23,24)25)8-11(18(20,21)22)9-15(16)29-3/h8-10,13-14,26H,4-7H2,1-3H3,(H,27,28). The van der Waals surface area contributed by atoms with Crippen LogP contribution in [0.1, 0.15) is 61.0 Å². The maximum Gasteiger partial charge on any atom is 0.417 e. The summed E-state index contributed by atoms with van der Waals surface area (Å²) in [5, 5.41) is 5.85. The minimum atomic E-state index is -5.16. The smallest absolute Gasteiger partial charge is 0.417 e. The highest BCUT2D eigenvalue weighted by Crippen LogP contribution is 2.41. The van der Waals surface area contributed by atoms with Gasteiger partial charge in [0.2, 0.25) is 0 Å². The van der Waals surface area contributed by atoms with E-state index in [2.05, 4.69) is 10.6 Å². The van der Waals surface area contributed by atoms with Crippen LogP contribution in [0.5, 0.6) is 5.75 Å². The van der Waals surface area contributed by atoms with E-state index in [1.807, 2.05) is 13.8 Å². The lowest BCUT2D eigenvalue weighted by molar-refractivity contribution is -0.143. The molecule has 2 unspecified atom stereocenters. The van der Waals surface area contributed by atoms with Crippen LogP contribution in [-0.2, 0) is 12.4 Å². The summed E-state index contributed by atoms with van der Waals surface area (Å²) in [5.74, 6) is -1.88. The average Bonchev–Trinajstić information content (AvgIpc) is 2.60. The summed E-state index contributed by atoms with van der Waals surface area (Å²) >= 11 is 0. The van der Waals surface area contributed by atoms with Crippen molar-refractivity contribution >= 4 is 5.91 Å². The number of halogens is 6. The predicted molar refractivity (Wildman–Crippen MR) is 94.8 cm³/mol. The Kier molecular flexibility index (Phi) is 7.08. The predicted octanol–water partition coefficient (Wildman–Crippen LogP) is 4.77. The van der Waals surface area contributed by atoms with Gasteiger partial charge in [-0.05, 0) is 25.0 Å². The van der Waals surface area contributed by atoms with Crippen molar-refractivity contribution in [3.05, 3.63) is 28.8 Å². The van der Waals surface area contributed by atoms with Crippen molar-refractivity contribution < 1.29 is 35.9 Å². The lowest BCUT2D eigenvalue weighted by Gasteiger charge is -2.34. The number of rotatable bonds is 5. The second-order valence-electron chi connectivity index (χ2n) is 7.39. The fourth-order valence-corrected chi connectivity index (χ4v) is 3.57. The first kappa shape index (κ1) is 23.3. The van der Waals surface area contributed by atoms with Crippen LogP contribution in [0.25, 0.3) is 0 Å². The van der Waals surface area contributed by atoms with Gasteiger partial charge in [-0.2, -0.15) is 26.3 Å². The SMILES string of the molecule is COc1cc(C(F)(F)F)cc(C(F)(F)F)c1C(=O)NC1CCCCC1NC(C)C. The Morgan fingerprint density at radius 2 is 1.62 bits per heavy atom. The summed E-state index contributed by atoms with van der Waals surface area (Å²) in [6, 6.07) is -0.116. The average molecular weight is 426 g/mol. The highest BCUT2D eigenvalue weighted by Gasteiger charge is 2.42. The topological polar surface area (TPSA) is 50.4 Å². The normalized spacial score (nSPS) is 20.6. The zero-order valence-corrected chi connectivity index (χ0v) is 16.3. The Balaban J connectivity index is 2.44. The molecule has 1 aromatic carbocycles. The number of hydrogen-bond donors (Lipinski definition) is 2. The Labute approximate surface area is 165 Å². The summed E-state index contributed by atoms with van der Waals surface area (Å²) in [7, 11) is 0.927. The number of benzene rings is 1. The van der Waals surface area contributed by atoms with Crippen LogP contribution in [0.15, 0.2) is 12.1 Å². The molecule has 0 bridgehead atoms. The van der Waals surface area contributed by atoms with Crippen molar-refractivity contribution in [2.45, 2.75) is 70.0 Å². The summed E-state index contributed by atoms with van der Waals surface area (Å²) in [6.07, 6.45) is -7.19. The molecule has 0 radical (unpaired) electrons. The highest BCUT2D eigenvalue weighted by molar-refractivity contribution is 5.99. The third-order valence-electron chi connectivity index (χ3n) is 4.81. The van der Waals surface area contributed by atoms with E-state index >= 15 is 0 Å². The van der Waals surface area contributed by atoms with Crippen LogP contribution < -0.4 is 15.4 Å². The molecule has 0 aromatic heterocycles. The highest BCUT2D eigenvalue weighted by atomic mass is 19.4. The first-order valence-corrected chi connectivity index (χ1v) is 9.28. The van der Waals surface area contributed by atoms with Crippen LogP contribution in [0.3, 0.4) is 0 Å². The fraction of sp³-hybridized carbons (Fsp3) is 0.632.